The highest BCUT2D eigenvalue weighted by Crippen LogP contribution is 2.37. The molecule has 1 saturated heterocycles. The van der Waals surface area contributed by atoms with E-state index in [1.54, 1.807) is 57.3 Å². The Morgan fingerprint density at radius 1 is 0.852 bits per heavy atom. The van der Waals surface area contributed by atoms with Crippen LogP contribution in [-0.4, -0.2) is 104 Å². The maximum atomic E-state index is 14.4. The summed E-state index contributed by atoms with van der Waals surface area (Å²) >= 11 is 1.36. The molecular weight excluding hydrogens is 803 g/mol. The summed E-state index contributed by atoms with van der Waals surface area (Å²) in [6.45, 7) is 9.78. The number of nitrogens with one attached hydrogen (secondary N) is 3. The highest BCUT2D eigenvalue weighted by molar-refractivity contribution is 7.10. The second-order valence-electron chi connectivity index (χ2n) is 16.3. The molecule has 61 heavy (non-hydrogen) atoms. The highest BCUT2D eigenvalue weighted by Gasteiger charge is 2.40. The lowest BCUT2D eigenvalue weighted by Crippen LogP contribution is -2.54. The summed E-state index contributed by atoms with van der Waals surface area (Å²) in [5.41, 5.74) is 1.02. The van der Waals surface area contributed by atoms with Crippen LogP contribution < -0.4 is 20.7 Å². The van der Waals surface area contributed by atoms with Crippen LogP contribution in [0.2, 0.25) is 0 Å². The molecule has 16 heteroatoms. The van der Waals surface area contributed by atoms with E-state index in [2.05, 4.69) is 16.0 Å². The molecule has 5 rings (SSSR count). The summed E-state index contributed by atoms with van der Waals surface area (Å²) in [6, 6.07) is 15.2. The van der Waals surface area contributed by atoms with Crippen molar-refractivity contribution >= 4 is 41.1 Å². The van der Waals surface area contributed by atoms with E-state index >= 15 is 0 Å². The fourth-order valence-electron chi connectivity index (χ4n) is 7.21. The smallest absolute Gasteiger partial charge is 0.407 e. The summed E-state index contributed by atoms with van der Waals surface area (Å²) < 4.78 is 27.4. The molecule has 0 spiro atoms. The predicted octanol–water partition coefficient (Wildman–Crippen LogP) is 6.60. The van der Waals surface area contributed by atoms with Crippen molar-refractivity contribution in [2.24, 2.45) is 11.8 Å². The number of likely N-dealkylation sites (tertiary alicyclic amines) is 1. The Balaban J connectivity index is 1.09. The van der Waals surface area contributed by atoms with Gasteiger partial charge < -0.3 is 44.5 Å². The van der Waals surface area contributed by atoms with E-state index < -0.39 is 29.7 Å². The van der Waals surface area contributed by atoms with Crippen molar-refractivity contribution in [3.05, 3.63) is 81.8 Å². The Morgan fingerprint density at radius 2 is 1.59 bits per heavy atom. The quantitative estimate of drug-likeness (QED) is 0.0775. The number of benzene rings is 2. The zero-order valence-electron chi connectivity index (χ0n) is 35.8. The summed E-state index contributed by atoms with van der Waals surface area (Å²) in [5, 5.41) is 10.8. The number of carbonyl (C=O) groups excluding carboxylic acids is 5. The number of alkyl carbamates (subject to hydrolysis) is 2. The monoisotopic (exact) mass is 863 g/mol. The van der Waals surface area contributed by atoms with E-state index in [1.165, 1.54) is 11.3 Å². The third-order valence-electron chi connectivity index (χ3n) is 10.4. The van der Waals surface area contributed by atoms with Crippen molar-refractivity contribution in [2.45, 2.75) is 96.9 Å². The molecule has 2 aromatic carbocycles. The zero-order valence-corrected chi connectivity index (χ0v) is 36.6. The van der Waals surface area contributed by atoms with Gasteiger partial charge >= 0.3 is 12.2 Å². The lowest BCUT2D eigenvalue weighted by atomic mass is 9.83. The Hall–Kier alpha value is -5.06. The number of aromatic nitrogens is 1. The van der Waals surface area contributed by atoms with Gasteiger partial charge in [0.15, 0.2) is 0 Å². The van der Waals surface area contributed by atoms with Gasteiger partial charge in [-0.15, -0.1) is 11.3 Å². The number of amides is 4. The Labute approximate surface area is 362 Å². The molecule has 15 nitrogen and oxygen atoms in total. The maximum absolute atomic E-state index is 14.4. The number of nitrogens with zero attached hydrogens (tertiary/aromatic N) is 2. The summed E-state index contributed by atoms with van der Waals surface area (Å²) in [5.74, 6) is -0.778. The second-order valence-corrected chi connectivity index (χ2v) is 17.2. The van der Waals surface area contributed by atoms with Crippen LogP contribution in [0.1, 0.15) is 105 Å². The van der Waals surface area contributed by atoms with Crippen molar-refractivity contribution in [3.8, 4) is 5.75 Å². The number of hydrogen-bond donors (Lipinski definition) is 3. The van der Waals surface area contributed by atoms with Crippen LogP contribution in [0.15, 0.2) is 60.0 Å². The van der Waals surface area contributed by atoms with Crippen LogP contribution in [0.5, 0.6) is 5.75 Å². The summed E-state index contributed by atoms with van der Waals surface area (Å²) in [6.07, 6.45) is 5.13. The molecule has 0 bridgehead atoms. The SMILES string of the molecule is C[C@@H](CNC(=O)OCc1ccccc1)C(=O)N[C@H](C(=O)N1CCC[C@H]1c1nc(C(=O)c2cccc(OCCOCCOCCNC(=O)OC(C)(C)C)c2)cs1)C1CCCCC1. The minimum absolute atomic E-state index is 0.00258. The number of hydrogen-bond acceptors (Lipinski definition) is 12. The van der Waals surface area contributed by atoms with Gasteiger partial charge in [0.1, 0.15) is 41.3 Å². The van der Waals surface area contributed by atoms with Gasteiger partial charge in [-0.2, -0.15) is 0 Å². The average molecular weight is 864 g/mol. The van der Waals surface area contributed by atoms with E-state index in [0.717, 1.165) is 44.1 Å². The molecule has 4 amide bonds. The second kappa shape index (κ2) is 23.8. The van der Waals surface area contributed by atoms with Gasteiger partial charge in [-0.05, 0) is 70.1 Å². The van der Waals surface area contributed by atoms with Crippen molar-refractivity contribution in [1.82, 2.24) is 25.8 Å². The van der Waals surface area contributed by atoms with Gasteiger partial charge in [-0.25, -0.2) is 14.6 Å². The van der Waals surface area contributed by atoms with Crippen LogP contribution in [-0.2, 0) is 35.1 Å². The molecule has 0 unspecified atom stereocenters. The zero-order chi connectivity index (χ0) is 43.6. The van der Waals surface area contributed by atoms with E-state index in [9.17, 15) is 24.0 Å². The molecule has 332 valence electrons. The third-order valence-corrected chi connectivity index (χ3v) is 11.3. The molecule has 0 radical (unpaired) electrons. The largest absolute Gasteiger partial charge is 0.491 e. The molecule has 3 aromatic rings. The predicted molar refractivity (Wildman–Crippen MR) is 229 cm³/mol. The van der Waals surface area contributed by atoms with Crippen molar-refractivity contribution in [1.29, 1.82) is 0 Å². The topological polar surface area (TPSA) is 184 Å². The number of carbonyl (C=O) groups is 5. The number of ketones is 1. The standard InChI is InChI=1S/C45H61N5O10S/c1-31(28-47-43(54)59-29-32-13-7-5-8-14-32)40(52)49-38(33-15-9-6-10-16-33)42(53)50-21-12-19-37(50)41-48-36(30-61-41)39(51)34-17-11-18-35(27-34)58-26-25-57-24-23-56-22-20-46-44(55)60-45(2,3)4/h5,7-8,11,13-14,17-18,27,30-31,33,37-38H,6,9-10,12,15-16,19-26,28-29H2,1-4H3,(H,46,55)(H,47,54)(H,49,52)/t31-,37-,38-/m0/s1. The summed E-state index contributed by atoms with van der Waals surface area (Å²) in [7, 11) is 0. The van der Waals surface area contributed by atoms with E-state index in [4.69, 9.17) is 28.7 Å². The Morgan fingerprint density at radius 3 is 2.34 bits per heavy atom. The van der Waals surface area contributed by atoms with Crippen molar-refractivity contribution < 1.29 is 47.7 Å². The third kappa shape index (κ3) is 15.4. The first kappa shape index (κ1) is 47.0. The first-order chi connectivity index (χ1) is 29.4. The fourth-order valence-corrected chi connectivity index (χ4v) is 8.16. The lowest BCUT2D eigenvalue weighted by Gasteiger charge is -2.35. The van der Waals surface area contributed by atoms with Gasteiger partial charge in [0.2, 0.25) is 17.6 Å². The molecule has 2 heterocycles. The molecule has 1 aliphatic heterocycles. The normalized spacial score (nSPS) is 16.6. The minimum atomic E-state index is -0.705. The van der Waals surface area contributed by atoms with E-state index in [-0.39, 0.29) is 49.3 Å². The molecule has 1 aromatic heterocycles. The lowest BCUT2D eigenvalue weighted by molar-refractivity contribution is -0.140. The summed E-state index contributed by atoms with van der Waals surface area (Å²) in [4.78, 5) is 72.2. The Kier molecular flexibility index (Phi) is 18.3. The molecule has 3 atom stereocenters. The first-order valence-electron chi connectivity index (χ1n) is 21.3. The van der Waals surface area contributed by atoms with Crippen molar-refractivity contribution in [3.63, 3.8) is 0 Å². The average Bonchev–Trinajstić information content (AvgIpc) is 3.95. The number of ether oxygens (including phenoxy) is 5. The van der Waals surface area contributed by atoms with Crippen LogP contribution in [0.4, 0.5) is 9.59 Å². The molecule has 1 aliphatic carbocycles. The molecule has 3 N–H and O–H groups in total. The Bertz CT molecular complexity index is 1880. The molecule has 2 fully saturated rings. The van der Waals surface area contributed by atoms with Crippen LogP contribution in [0.25, 0.3) is 0 Å². The van der Waals surface area contributed by atoms with Gasteiger partial charge in [0, 0.05) is 30.6 Å². The molecular formula is C45H61N5O10S. The number of thiazole rings is 1. The van der Waals surface area contributed by atoms with E-state index in [1.807, 2.05) is 35.2 Å². The molecule has 2 aliphatic rings. The highest BCUT2D eigenvalue weighted by atomic mass is 32.1. The molecule has 1 saturated carbocycles. The van der Waals surface area contributed by atoms with E-state index in [0.29, 0.717) is 68.0 Å². The van der Waals surface area contributed by atoms with Gasteiger partial charge in [0.25, 0.3) is 0 Å². The van der Waals surface area contributed by atoms with Crippen LogP contribution in [0, 0.1) is 11.8 Å². The first-order valence-corrected chi connectivity index (χ1v) is 22.2. The van der Waals surface area contributed by atoms with Gasteiger partial charge in [0.05, 0.1) is 38.4 Å². The van der Waals surface area contributed by atoms with Crippen LogP contribution in [0.3, 0.4) is 0 Å². The maximum Gasteiger partial charge on any atom is 0.407 e. The minimum Gasteiger partial charge on any atom is -0.491 e. The van der Waals surface area contributed by atoms with Crippen molar-refractivity contribution in [2.75, 3.05) is 52.7 Å². The van der Waals surface area contributed by atoms with Gasteiger partial charge in [-0.1, -0.05) is 68.7 Å². The fraction of sp³-hybridized carbons (Fsp3) is 0.556. The van der Waals surface area contributed by atoms with Crippen LogP contribution >= 0.6 is 11.3 Å². The number of rotatable bonds is 21. The van der Waals surface area contributed by atoms with Gasteiger partial charge in [-0.3, -0.25) is 14.4 Å².